The molecule has 1 aromatic heterocycles. The molecule has 1 amide bonds. The predicted molar refractivity (Wildman–Crippen MR) is 115 cm³/mol. The molecule has 1 aliphatic rings. The summed E-state index contributed by atoms with van der Waals surface area (Å²) in [6, 6.07) is 21.4. The zero-order valence-electron chi connectivity index (χ0n) is 16.3. The molecule has 1 atom stereocenters. The van der Waals surface area contributed by atoms with Gasteiger partial charge in [-0.05, 0) is 61.3 Å². The van der Waals surface area contributed by atoms with Crippen LogP contribution in [0.3, 0.4) is 0 Å². The highest BCUT2D eigenvalue weighted by Crippen LogP contribution is 2.25. The SMILES string of the molecule is O=C(NC(c1ccccc1)c1ccco1)C1CCN(Cc2cccc(Cl)c2)CC1. The number of carbonyl (C=O) groups is 1. The van der Waals surface area contributed by atoms with Gasteiger partial charge in [0.15, 0.2) is 0 Å². The van der Waals surface area contributed by atoms with Crippen molar-refractivity contribution in [3.05, 3.63) is 94.9 Å². The van der Waals surface area contributed by atoms with Crippen molar-refractivity contribution in [1.29, 1.82) is 0 Å². The monoisotopic (exact) mass is 408 g/mol. The van der Waals surface area contributed by atoms with Crippen molar-refractivity contribution in [3.63, 3.8) is 0 Å². The highest BCUT2D eigenvalue weighted by Gasteiger charge is 2.28. The second kappa shape index (κ2) is 9.29. The van der Waals surface area contributed by atoms with Crippen LogP contribution in [-0.4, -0.2) is 23.9 Å². The number of nitrogens with one attached hydrogen (secondary N) is 1. The lowest BCUT2D eigenvalue weighted by molar-refractivity contribution is -0.127. The summed E-state index contributed by atoms with van der Waals surface area (Å²) in [6.07, 6.45) is 3.35. The average Bonchev–Trinajstić information content (AvgIpc) is 3.28. The Balaban J connectivity index is 1.36. The average molecular weight is 409 g/mol. The van der Waals surface area contributed by atoms with Crippen LogP contribution < -0.4 is 5.32 Å². The van der Waals surface area contributed by atoms with Gasteiger partial charge in [0.05, 0.1) is 6.26 Å². The largest absolute Gasteiger partial charge is 0.467 e. The Hall–Kier alpha value is -2.56. The molecule has 150 valence electrons. The van der Waals surface area contributed by atoms with E-state index in [0.717, 1.165) is 48.8 Å². The summed E-state index contributed by atoms with van der Waals surface area (Å²) in [5, 5.41) is 3.97. The van der Waals surface area contributed by atoms with Crippen LogP contribution in [0, 0.1) is 5.92 Å². The van der Waals surface area contributed by atoms with Crippen LogP contribution in [0.15, 0.2) is 77.4 Å². The number of furan rings is 1. The maximum absolute atomic E-state index is 13.0. The summed E-state index contributed by atoms with van der Waals surface area (Å²) in [5.41, 5.74) is 2.23. The lowest BCUT2D eigenvalue weighted by atomic mass is 9.94. The molecule has 0 bridgehead atoms. The number of likely N-dealkylation sites (tertiary alicyclic amines) is 1. The van der Waals surface area contributed by atoms with Gasteiger partial charge in [0.2, 0.25) is 5.91 Å². The number of carbonyl (C=O) groups excluding carboxylic acids is 1. The number of piperidine rings is 1. The summed E-state index contributed by atoms with van der Waals surface area (Å²) in [4.78, 5) is 15.4. The van der Waals surface area contributed by atoms with Crippen LogP contribution in [0.5, 0.6) is 0 Å². The van der Waals surface area contributed by atoms with Gasteiger partial charge in [0, 0.05) is 17.5 Å². The quantitative estimate of drug-likeness (QED) is 0.620. The first-order valence-electron chi connectivity index (χ1n) is 10.0. The molecule has 4 nitrogen and oxygen atoms in total. The highest BCUT2D eigenvalue weighted by molar-refractivity contribution is 6.30. The summed E-state index contributed by atoms with van der Waals surface area (Å²) in [6.45, 7) is 2.68. The second-order valence-corrected chi connectivity index (χ2v) is 7.98. The number of hydrogen-bond acceptors (Lipinski definition) is 3. The van der Waals surface area contributed by atoms with Crippen molar-refractivity contribution in [2.75, 3.05) is 13.1 Å². The number of rotatable bonds is 6. The van der Waals surface area contributed by atoms with E-state index in [1.807, 2.05) is 60.7 Å². The first-order chi connectivity index (χ1) is 14.2. The molecular formula is C24H25ClN2O2. The van der Waals surface area contributed by atoms with E-state index in [9.17, 15) is 4.79 Å². The van der Waals surface area contributed by atoms with E-state index in [-0.39, 0.29) is 17.9 Å². The van der Waals surface area contributed by atoms with E-state index in [4.69, 9.17) is 16.0 Å². The molecule has 1 unspecified atom stereocenters. The number of hydrogen-bond donors (Lipinski definition) is 1. The fourth-order valence-electron chi connectivity index (χ4n) is 3.93. The van der Waals surface area contributed by atoms with Gasteiger partial charge in [-0.1, -0.05) is 54.1 Å². The summed E-state index contributed by atoms with van der Waals surface area (Å²) in [7, 11) is 0. The molecule has 1 N–H and O–H groups in total. The Morgan fingerprint density at radius 3 is 2.55 bits per heavy atom. The summed E-state index contributed by atoms with van der Waals surface area (Å²) >= 11 is 6.09. The number of benzene rings is 2. The minimum absolute atomic E-state index is 0.0202. The van der Waals surface area contributed by atoms with Gasteiger partial charge >= 0.3 is 0 Å². The molecule has 29 heavy (non-hydrogen) atoms. The Morgan fingerprint density at radius 1 is 1.07 bits per heavy atom. The summed E-state index contributed by atoms with van der Waals surface area (Å²) in [5.74, 6) is 0.868. The Kier molecular flexibility index (Phi) is 6.33. The van der Waals surface area contributed by atoms with Crippen LogP contribution >= 0.6 is 11.6 Å². The smallest absolute Gasteiger partial charge is 0.224 e. The first kappa shape index (κ1) is 19.7. The molecule has 0 spiro atoms. The zero-order chi connectivity index (χ0) is 20.1. The van der Waals surface area contributed by atoms with Gasteiger partial charge < -0.3 is 9.73 Å². The Morgan fingerprint density at radius 2 is 1.86 bits per heavy atom. The molecule has 4 rings (SSSR count). The third-order valence-corrected chi connectivity index (χ3v) is 5.74. The molecule has 1 saturated heterocycles. The lowest BCUT2D eigenvalue weighted by Crippen LogP contribution is -2.41. The topological polar surface area (TPSA) is 45.5 Å². The van der Waals surface area contributed by atoms with Crippen molar-refractivity contribution >= 4 is 17.5 Å². The highest BCUT2D eigenvalue weighted by atomic mass is 35.5. The van der Waals surface area contributed by atoms with Gasteiger partial charge in [-0.3, -0.25) is 9.69 Å². The number of amides is 1. The molecule has 0 saturated carbocycles. The van der Waals surface area contributed by atoms with E-state index >= 15 is 0 Å². The van der Waals surface area contributed by atoms with E-state index in [1.165, 1.54) is 5.56 Å². The zero-order valence-corrected chi connectivity index (χ0v) is 17.0. The molecule has 1 aliphatic heterocycles. The van der Waals surface area contributed by atoms with Crippen LogP contribution in [0.25, 0.3) is 0 Å². The standard InChI is InChI=1S/C24H25ClN2O2/c25-21-9-4-6-18(16-21)17-27-13-11-20(12-14-27)24(28)26-23(22-10-5-15-29-22)19-7-2-1-3-8-19/h1-10,15-16,20,23H,11-14,17H2,(H,26,28). The first-order valence-corrected chi connectivity index (χ1v) is 10.4. The van der Waals surface area contributed by atoms with Crippen LogP contribution in [-0.2, 0) is 11.3 Å². The van der Waals surface area contributed by atoms with Gasteiger partial charge in [-0.15, -0.1) is 0 Å². The van der Waals surface area contributed by atoms with Gasteiger partial charge in [0.1, 0.15) is 11.8 Å². The van der Waals surface area contributed by atoms with Crippen molar-refractivity contribution < 1.29 is 9.21 Å². The van der Waals surface area contributed by atoms with Crippen molar-refractivity contribution in [3.8, 4) is 0 Å². The van der Waals surface area contributed by atoms with Crippen molar-refractivity contribution in [2.24, 2.45) is 5.92 Å². The van der Waals surface area contributed by atoms with E-state index < -0.39 is 0 Å². The molecule has 3 aromatic rings. The Labute approximate surface area is 176 Å². The fourth-order valence-corrected chi connectivity index (χ4v) is 4.14. The van der Waals surface area contributed by atoms with Crippen LogP contribution in [0.1, 0.15) is 35.8 Å². The van der Waals surface area contributed by atoms with Gasteiger partial charge in [-0.2, -0.15) is 0 Å². The minimum Gasteiger partial charge on any atom is -0.467 e. The van der Waals surface area contributed by atoms with Crippen LogP contribution in [0.4, 0.5) is 0 Å². The Bertz CT molecular complexity index is 919. The van der Waals surface area contributed by atoms with Crippen molar-refractivity contribution in [2.45, 2.75) is 25.4 Å². The van der Waals surface area contributed by atoms with E-state index in [0.29, 0.717) is 0 Å². The van der Waals surface area contributed by atoms with Gasteiger partial charge in [-0.25, -0.2) is 0 Å². The molecule has 5 heteroatoms. The minimum atomic E-state index is -0.261. The second-order valence-electron chi connectivity index (χ2n) is 7.55. The fraction of sp³-hybridized carbons (Fsp3) is 0.292. The molecular weight excluding hydrogens is 384 g/mol. The van der Waals surface area contributed by atoms with E-state index in [1.54, 1.807) is 6.26 Å². The number of nitrogens with zero attached hydrogens (tertiary/aromatic N) is 1. The summed E-state index contributed by atoms with van der Waals surface area (Å²) < 4.78 is 5.60. The van der Waals surface area contributed by atoms with E-state index in [2.05, 4.69) is 16.3 Å². The lowest BCUT2D eigenvalue weighted by Gasteiger charge is -2.32. The normalized spacial score (nSPS) is 16.4. The third-order valence-electron chi connectivity index (χ3n) is 5.50. The van der Waals surface area contributed by atoms with Crippen molar-refractivity contribution in [1.82, 2.24) is 10.2 Å². The predicted octanol–water partition coefficient (Wildman–Crippen LogP) is 5.05. The third kappa shape index (κ3) is 5.08. The van der Waals surface area contributed by atoms with Crippen LogP contribution in [0.2, 0.25) is 5.02 Å². The molecule has 1 fully saturated rings. The molecule has 2 heterocycles. The maximum Gasteiger partial charge on any atom is 0.224 e. The number of halogens is 1. The molecule has 0 aliphatic carbocycles. The van der Waals surface area contributed by atoms with Gasteiger partial charge in [0.25, 0.3) is 0 Å². The molecule has 0 radical (unpaired) electrons. The maximum atomic E-state index is 13.0. The molecule has 2 aromatic carbocycles.